The van der Waals surface area contributed by atoms with Crippen LogP contribution in [0.1, 0.15) is 59.7 Å². The number of rotatable bonds is 8. The quantitative estimate of drug-likeness (QED) is 0.0891. The van der Waals surface area contributed by atoms with Crippen molar-refractivity contribution in [2.45, 2.75) is 34.1 Å². The molecule has 0 spiro atoms. The topological polar surface area (TPSA) is 110 Å². The van der Waals surface area contributed by atoms with Crippen molar-refractivity contribution in [3.8, 4) is 22.5 Å². The van der Waals surface area contributed by atoms with Crippen LogP contribution in [0.2, 0.25) is 0 Å². The van der Waals surface area contributed by atoms with E-state index in [2.05, 4.69) is 150 Å². The van der Waals surface area contributed by atoms with Gasteiger partial charge in [0.25, 0.3) is 11.8 Å². The number of anilines is 2. The molecule has 0 aliphatic heterocycles. The van der Waals surface area contributed by atoms with Crippen LogP contribution in [0.15, 0.2) is 145 Å². The molecule has 0 bridgehead atoms. The molecule has 8 nitrogen and oxygen atoms in total. The van der Waals surface area contributed by atoms with Gasteiger partial charge in [-0.15, -0.1) is 34.8 Å². The van der Waals surface area contributed by atoms with Gasteiger partial charge < -0.3 is 0 Å². The molecular weight excluding hydrogens is 1030 g/mol. The van der Waals surface area contributed by atoms with Crippen LogP contribution in [0, 0.1) is 38.2 Å². The van der Waals surface area contributed by atoms with E-state index < -0.39 is 0 Å². The third-order valence-corrected chi connectivity index (χ3v) is 11.2. The number of pyridine rings is 2. The van der Waals surface area contributed by atoms with Gasteiger partial charge in [-0.2, -0.15) is 24.6 Å². The first-order valence-corrected chi connectivity index (χ1v) is 28.7. The van der Waals surface area contributed by atoms with E-state index in [4.69, 9.17) is 0 Å². The average molecular weight is 1070 g/mol. The average Bonchev–Trinajstić information content (AvgIpc) is 3.92. The molecule has 4 aromatic heterocycles. The van der Waals surface area contributed by atoms with Crippen LogP contribution in [0.4, 0.5) is 10.3 Å². The number of aromatic nitrogens is 4. The van der Waals surface area contributed by atoms with E-state index in [0.717, 1.165) is 34.5 Å². The van der Waals surface area contributed by atoms with Crippen LogP contribution in [0.5, 0.6) is 0 Å². The van der Waals surface area contributed by atoms with Crippen LogP contribution in [-0.4, -0.2) is 31.8 Å². The molecule has 304 valence electrons. The summed E-state index contributed by atoms with van der Waals surface area (Å²) < 4.78 is 1.21. The van der Waals surface area contributed by atoms with Gasteiger partial charge in [0, 0.05) is 61.4 Å². The number of hydrogen-bond donors (Lipinski definition) is 2. The molecule has 0 radical (unpaired) electrons. The first-order valence-electron chi connectivity index (χ1n) is 18.9. The van der Waals surface area contributed by atoms with Crippen molar-refractivity contribution in [3.05, 3.63) is 205 Å². The van der Waals surface area contributed by atoms with Gasteiger partial charge in [0.05, 0.1) is 11.4 Å². The maximum absolute atomic E-state index is 12.3. The fraction of sp³-hybridized carbons (Fsp3) is 0.104. The van der Waals surface area contributed by atoms with E-state index in [-0.39, 0.29) is 11.8 Å². The Balaban J connectivity index is 0.000000195. The Labute approximate surface area is 396 Å². The summed E-state index contributed by atoms with van der Waals surface area (Å²) in [6, 6.07) is 35.8. The zero-order valence-corrected chi connectivity index (χ0v) is 42.5. The second kappa shape index (κ2) is 23.9. The number of carbonyl (C=O) groups excluding carboxylic acids is 2. The molecule has 0 saturated carbocycles. The van der Waals surface area contributed by atoms with Crippen molar-refractivity contribution in [3.63, 3.8) is 0 Å². The molecule has 8 rings (SSSR count). The molecule has 4 heterocycles. The molecule has 0 fully saturated rings. The Bertz CT molecular complexity index is 2600. The number of thiazole rings is 2. The van der Waals surface area contributed by atoms with Gasteiger partial charge in [-0.05, 0) is 126 Å². The minimum atomic E-state index is -0.181. The van der Waals surface area contributed by atoms with Crippen LogP contribution in [0.3, 0.4) is 0 Å². The summed E-state index contributed by atoms with van der Waals surface area (Å²) in [5.41, 5.74) is 13.6. The van der Waals surface area contributed by atoms with Gasteiger partial charge in [-0.1, -0.05) is 48.5 Å². The molecule has 0 aliphatic carbocycles. The van der Waals surface area contributed by atoms with Gasteiger partial charge >= 0.3 is 30.0 Å². The summed E-state index contributed by atoms with van der Waals surface area (Å²) in [7, 11) is 0. The number of nitrogens with one attached hydrogen (secondary N) is 2. The number of halogens is 2. The van der Waals surface area contributed by atoms with Gasteiger partial charge in [-0.25, -0.2) is 9.97 Å². The summed E-state index contributed by atoms with van der Waals surface area (Å²) in [6.45, 7) is 12.1. The monoisotopic (exact) mass is 1070 g/mol. The molecule has 0 atom stereocenters. The van der Waals surface area contributed by atoms with Crippen LogP contribution >= 0.6 is 58.9 Å². The predicted octanol–water partition coefficient (Wildman–Crippen LogP) is 13.1. The van der Waals surface area contributed by atoms with Gasteiger partial charge in [0.2, 0.25) is 0 Å². The minimum absolute atomic E-state index is 0.177. The van der Waals surface area contributed by atoms with Gasteiger partial charge in [0.1, 0.15) is 0 Å². The van der Waals surface area contributed by atoms with Crippen LogP contribution in [0.25, 0.3) is 22.5 Å². The second-order valence-corrected chi connectivity index (χ2v) is 16.6. The first kappa shape index (κ1) is 47.1. The zero-order valence-electron chi connectivity index (χ0n) is 34.2. The van der Waals surface area contributed by atoms with Crippen molar-refractivity contribution in [1.82, 2.24) is 19.9 Å². The fourth-order valence-electron chi connectivity index (χ4n) is 6.42. The van der Waals surface area contributed by atoms with E-state index in [1.807, 2.05) is 47.2 Å². The molecule has 61 heavy (non-hydrogen) atoms. The van der Waals surface area contributed by atoms with Crippen molar-refractivity contribution in [2.24, 2.45) is 0 Å². The van der Waals surface area contributed by atoms with Crippen LogP contribution < -0.4 is 10.6 Å². The third-order valence-electron chi connectivity index (χ3n) is 9.03. The Kier molecular flexibility index (Phi) is 18.5. The number of aryl methyl sites for hydroxylation is 4. The van der Waals surface area contributed by atoms with Crippen molar-refractivity contribution >= 4 is 81.0 Å². The summed E-state index contributed by atoms with van der Waals surface area (Å²) in [6.07, 6.45) is 7.31. The Morgan fingerprint density at radius 2 is 1.00 bits per heavy atom. The summed E-state index contributed by atoms with van der Waals surface area (Å²) in [5.74, 6) is -0.357. The molecule has 2 amide bonds. The van der Waals surface area contributed by atoms with Gasteiger partial charge in [-0.3, -0.25) is 30.2 Å². The maximum atomic E-state index is 12.3. The molecule has 2 N–H and O–H groups in total. The fourth-order valence-corrected chi connectivity index (χ4v) is 8.75. The van der Waals surface area contributed by atoms with E-state index >= 15 is 0 Å². The van der Waals surface area contributed by atoms with Crippen molar-refractivity contribution in [2.75, 3.05) is 10.6 Å². The summed E-state index contributed by atoms with van der Waals surface area (Å²) in [5, 5.41) is 10.9. The van der Waals surface area contributed by atoms with E-state index in [1.54, 1.807) is 49.1 Å². The molecule has 0 saturated heterocycles. The zero-order chi connectivity index (χ0) is 43.7. The Hall–Kier alpha value is -4.92. The number of nitrogens with zero attached hydrogens (tertiary/aromatic N) is 4. The molecule has 8 aromatic rings. The van der Waals surface area contributed by atoms with E-state index in [9.17, 15) is 9.59 Å². The normalized spacial score (nSPS) is 10.2. The van der Waals surface area contributed by atoms with Crippen molar-refractivity contribution in [1.29, 1.82) is 0 Å². The summed E-state index contributed by atoms with van der Waals surface area (Å²) >= 11 is 9.43. The summed E-state index contributed by atoms with van der Waals surface area (Å²) in [4.78, 5) is 41.6. The number of hydrogen-bond acceptors (Lipinski definition) is 8. The second-order valence-electron chi connectivity index (χ2n) is 13.6. The predicted molar refractivity (Wildman–Crippen MR) is 260 cm³/mol. The van der Waals surface area contributed by atoms with E-state index in [0.29, 0.717) is 21.4 Å². The van der Waals surface area contributed by atoms with Gasteiger partial charge in [0.15, 0.2) is 10.3 Å². The van der Waals surface area contributed by atoms with Crippen molar-refractivity contribution < 1.29 is 25.9 Å². The SMILES string of the molecule is Cc1cc(Cc2ccccc2)cc(C)c1-c1csc(NC(=O)c2ccncc2)n1.Cc1cc(I)cc(C)c1-c1csc(NC(=O)c2ccncc2)n1.[CH2-]c1ccccc1.[Zn+][Br]. The molecule has 4 aromatic carbocycles. The standard InChI is InChI=1S/C24H21N3OS.C17H14IN3OS.C7H7.BrH.Zn/c1-16-12-19(14-18-6-4-3-5-7-18)13-17(2)22(16)21-15-29-24(26-21)27-23(28)20-8-10-25-11-9-20;1-10-7-13(18)8-11(2)15(10)14-9-23-17(20-14)21-16(22)12-3-5-19-6-4-12;1-7-5-3-2-4-6-7;;/h3-13,15H,14H2,1-2H3,(H,26,27,28);3-9H,1-2H3,(H,20,21,22);2-6H,1H2;1H;/q;;-1;;+2/p-1. The first-order chi connectivity index (χ1) is 29.5. The Morgan fingerprint density at radius 1 is 0.607 bits per heavy atom. The van der Waals surface area contributed by atoms with Crippen LogP contribution in [-0.2, 0) is 22.8 Å². The molecular formula is C48H42BrIN6O2S2Zn. The Morgan fingerprint density at radius 3 is 1.39 bits per heavy atom. The number of amides is 2. The molecule has 0 unspecified atom stereocenters. The molecule has 0 aliphatic rings. The molecule has 13 heteroatoms. The van der Waals surface area contributed by atoms with E-state index in [1.165, 1.54) is 76.0 Å². The number of carbonyl (C=O) groups is 2. The third kappa shape index (κ3) is 14.1. The number of benzene rings is 4.